The molecule has 0 bridgehead atoms. The van der Waals surface area contributed by atoms with E-state index in [0.29, 0.717) is 19.6 Å². The van der Waals surface area contributed by atoms with Gasteiger partial charge in [-0.05, 0) is 33.4 Å². The number of hydrogen-bond acceptors (Lipinski definition) is 5. The van der Waals surface area contributed by atoms with Crippen LogP contribution in [0.5, 0.6) is 0 Å². The molecule has 0 radical (unpaired) electrons. The van der Waals surface area contributed by atoms with E-state index in [0.717, 1.165) is 19.4 Å². The van der Waals surface area contributed by atoms with Gasteiger partial charge in [0.25, 0.3) is 0 Å². The topological polar surface area (TPSA) is 104 Å². The molecular formula is C13H21NO6. The zero-order chi connectivity index (χ0) is 16.0. The van der Waals surface area contributed by atoms with Crippen molar-refractivity contribution < 1.29 is 29.3 Å². The second-order valence-electron chi connectivity index (χ2n) is 3.81. The minimum Gasteiger partial charge on any atom is -0.473 e. The third kappa shape index (κ3) is 15.9. The number of nitrogens with zero attached hydrogens (tertiary/aromatic N) is 1. The fourth-order valence-electron chi connectivity index (χ4n) is 1.12. The Balaban J connectivity index is 0. The molecule has 0 unspecified atom stereocenters. The number of rotatable bonds is 7. The van der Waals surface area contributed by atoms with Gasteiger partial charge in [0, 0.05) is 6.42 Å². The second-order valence-corrected chi connectivity index (χ2v) is 3.81. The van der Waals surface area contributed by atoms with Crippen LogP contribution in [0.1, 0.15) is 26.2 Å². The molecule has 2 N–H and O–H groups in total. The number of aliphatic carboxylic acids is 2. The fourth-order valence-corrected chi connectivity index (χ4v) is 1.12. The first kappa shape index (κ1) is 20.3. The number of carboxylic acid groups (broad SMARTS) is 2. The Morgan fingerprint density at radius 1 is 1.20 bits per heavy atom. The molecular weight excluding hydrogens is 266 g/mol. The molecule has 7 heteroatoms. The Labute approximate surface area is 118 Å². The summed E-state index contributed by atoms with van der Waals surface area (Å²) in [6.45, 7) is 3.89. The van der Waals surface area contributed by atoms with Gasteiger partial charge >= 0.3 is 17.9 Å². The van der Waals surface area contributed by atoms with Gasteiger partial charge in [0.05, 0.1) is 13.2 Å². The van der Waals surface area contributed by atoms with Gasteiger partial charge in [0.15, 0.2) is 0 Å². The van der Waals surface area contributed by atoms with Crippen molar-refractivity contribution in [3.8, 4) is 12.3 Å². The summed E-state index contributed by atoms with van der Waals surface area (Å²) in [6.07, 6.45) is 7.52. The molecule has 0 aliphatic carbocycles. The van der Waals surface area contributed by atoms with Crippen LogP contribution in [0.15, 0.2) is 0 Å². The largest absolute Gasteiger partial charge is 0.473 e. The van der Waals surface area contributed by atoms with E-state index in [2.05, 4.69) is 10.8 Å². The van der Waals surface area contributed by atoms with Crippen LogP contribution in [-0.4, -0.2) is 59.8 Å². The van der Waals surface area contributed by atoms with E-state index >= 15 is 0 Å². The summed E-state index contributed by atoms with van der Waals surface area (Å²) in [5.41, 5.74) is 0. The Hall–Kier alpha value is -2.07. The number of hydrogen-bond donors (Lipinski definition) is 2. The zero-order valence-corrected chi connectivity index (χ0v) is 11.8. The quantitative estimate of drug-likeness (QED) is 0.303. The monoisotopic (exact) mass is 287 g/mol. The number of carboxylic acids is 2. The van der Waals surface area contributed by atoms with Crippen molar-refractivity contribution in [2.45, 2.75) is 26.2 Å². The van der Waals surface area contributed by atoms with Gasteiger partial charge in [0.1, 0.15) is 0 Å². The maximum atomic E-state index is 10.9. The van der Waals surface area contributed by atoms with E-state index in [1.165, 1.54) is 0 Å². The smallest absolute Gasteiger partial charge is 0.414 e. The summed E-state index contributed by atoms with van der Waals surface area (Å²) in [4.78, 5) is 31.2. The third-order valence-corrected chi connectivity index (χ3v) is 2.02. The van der Waals surface area contributed by atoms with Gasteiger partial charge < -0.3 is 14.9 Å². The Morgan fingerprint density at radius 2 is 1.75 bits per heavy atom. The number of carbonyl (C=O) groups is 3. The van der Waals surface area contributed by atoms with Crippen LogP contribution in [0.25, 0.3) is 0 Å². The van der Waals surface area contributed by atoms with Gasteiger partial charge in [-0.25, -0.2) is 9.59 Å². The summed E-state index contributed by atoms with van der Waals surface area (Å²) in [6, 6.07) is 0. The van der Waals surface area contributed by atoms with Crippen LogP contribution in [0.3, 0.4) is 0 Å². The Kier molecular flexibility index (Phi) is 13.5. The minimum absolute atomic E-state index is 0.105. The lowest BCUT2D eigenvalue weighted by Crippen LogP contribution is -2.19. The fraction of sp³-hybridized carbons (Fsp3) is 0.615. The van der Waals surface area contributed by atoms with E-state index in [-0.39, 0.29) is 5.97 Å². The van der Waals surface area contributed by atoms with Crippen molar-refractivity contribution >= 4 is 17.9 Å². The van der Waals surface area contributed by atoms with Crippen molar-refractivity contribution in [1.82, 2.24) is 4.90 Å². The highest BCUT2D eigenvalue weighted by atomic mass is 16.5. The first-order valence-electron chi connectivity index (χ1n) is 6.08. The zero-order valence-electron chi connectivity index (χ0n) is 11.8. The SMILES string of the molecule is C#CCN(C)CCCCC(=O)OCC.O=C(O)C(=O)O. The Morgan fingerprint density at radius 3 is 2.15 bits per heavy atom. The molecule has 0 spiro atoms. The maximum Gasteiger partial charge on any atom is 0.414 e. The summed E-state index contributed by atoms with van der Waals surface area (Å²) in [5.74, 6) is -1.18. The molecule has 0 aliphatic rings. The molecule has 20 heavy (non-hydrogen) atoms. The van der Waals surface area contributed by atoms with Gasteiger partial charge in [0.2, 0.25) is 0 Å². The van der Waals surface area contributed by atoms with Crippen LogP contribution < -0.4 is 0 Å². The van der Waals surface area contributed by atoms with E-state index in [1.807, 2.05) is 14.0 Å². The highest BCUT2D eigenvalue weighted by Crippen LogP contribution is 1.99. The number of esters is 1. The van der Waals surface area contributed by atoms with Crippen LogP contribution in [0.4, 0.5) is 0 Å². The molecule has 0 aromatic carbocycles. The molecule has 0 fully saturated rings. The molecule has 0 aromatic heterocycles. The predicted molar refractivity (Wildman–Crippen MR) is 72.1 cm³/mol. The number of terminal acetylenes is 1. The lowest BCUT2D eigenvalue weighted by atomic mass is 10.2. The molecule has 0 aromatic rings. The lowest BCUT2D eigenvalue weighted by molar-refractivity contribution is -0.159. The predicted octanol–water partition coefficient (Wildman–Crippen LogP) is 0.440. The van der Waals surface area contributed by atoms with Crippen LogP contribution in [-0.2, 0) is 19.1 Å². The third-order valence-electron chi connectivity index (χ3n) is 2.02. The molecule has 0 rings (SSSR count). The summed E-state index contributed by atoms with van der Waals surface area (Å²) < 4.78 is 4.81. The molecule has 0 aliphatic heterocycles. The number of ether oxygens (including phenoxy) is 1. The summed E-state index contributed by atoms with van der Waals surface area (Å²) >= 11 is 0. The summed E-state index contributed by atoms with van der Waals surface area (Å²) in [5, 5.41) is 14.8. The van der Waals surface area contributed by atoms with Gasteiger partial charge in [-0.15, -0.1) is 6.42 Å². The molecule has 0 heterocycles. The summed E-state index contributed by atoms with van der Waals surface area (Å²) in [7, 11) is 1.98. The first-order chi connectivity index (χ1) is 9.34. The molecule has 7 nitrogen and oxygen atoms in total. The standard InChI is InChI=1S/C11H19NO2.C2H2O4/c1-4-9-12(3)10-7-6-8-11(13)14-5-2;3-1(4)2(5)6/h1H,5-10H2,2-3H3;(H,3,4)(H,5,6). The van der Waals surface area contributed by atoms with Crippen molar-refractivity contribution in [2.75, 3.05) is 26.7 Å². The molecule has 0 saturated heterocycles. The minimum atomic E-state index is -1.82. The molecule has 0 atom stereocenters. The highest BCUT2D eigenvalue weighted by Gasteiger charge is 2.04. The van der Waals surface area contributed by atoms with Gasteiger partial charge in [-0.3, -0.25) is 9.69 Å². The first-order valence-corrected chi connectivity index (χ1v) is 6.08. The van der Waals surface area contributed by atoms with E-state index in [9.17, 15) is 4.79 Å². The number of unbranched alkanes of at least 4 members (excludes halogenated alkanes) is 1. The normalized spacial score (nSPS) is 9.10. The van der Waals surface area contributed by atoms with Gasteiger partial charge in [-0.2, -0.15) is 0 Å². The average Bonchev–Trinajstić information content (AvgIpc) is 2.36. The van der Waals surface area contributed by atoms with E-state index in [4.69, 9.17) is 31.0 Å². The van der Waals surface area contributed by atoms with Crippen LogP contribution >= 0.6 is 0 Å². The lowest BCUT2D eigenvalue weighted by Gasteiger charge is -2.12. The van der Waals surface area contributed by atoms with E-state index in [1.54, 1.807) is 0 Å². The van der Waals surface area contributed by atoms with Crippen LogP contribution in [0.2, 0.25) is 0 Å². The van der Waals surface area contributed by atoms with Gasteiger partial charge in [-0.1, -0.05) is 5.92 Å². The van der Waals surface area contributed by atoms with Crippen molar-refractivity contribution in [3.63, 3.8) is 0 Å². The molecule has 114 valence electrons. The molecule has 0 amide bonds. The highest BCUT2D eigenvalue weighted by molar-refractivity contribution is 6.27. The van der Waals surface area contributed by atoms with Crippen molar-refractivity contribution in [3.05, 3.63) is 0 Å². The molecule has 0 saturated carbocycles. The average molecular weight is 287 g/mol. The maximum absolute atomic E-state index is 10.9. The number of carbonyl (C=O) groups excluding carboxylic acids is 1. The van der Waals surface area contributed by atoms with E-state index < -0.39 is 11.9 Å². The van der Waals surface area contributed by atoms with Crippen LogP contribution in [0, 0.1) is 12.3 Å². The second kappa shape index (κ2) is 13.4. The van der Waals surface area contributed by atoms with Crippen molar-refractivity contribution in [1.29, 1.82) is 0 Å². The Bertz CT molecular complexity index is 335. The van der Waals surface area contributed by atoms with Crippen molar-refractivity contribution in [2.24, 2.45) is 0 Å².